The molecule has 0 saturated carbocycles. The number of aryl methyl sites for hydroxylation is 1. The molecule has 3 N–H and O–H groups in total. The van der Waals surface area contributed by atoms with E-state index in [1.54, 1.807) is 24.0 Å². The highest BCUT2D eigenvalue weighted by Gasteiger charge is 2.24. The number of aromatic nitrogens is 2. The van der Waals surface area contributed by atoms with E-state index in [2.05, 4.69) is 20.7 Å². The SMILES string of the molecule is CCNC(=NCC(C)(O)c1cnn(C)c1)NCC.I. The quantitative estimate of drug-likeness (QED) is 0.401. The first-order valence-corrected chi connectivity index (χ1v) is 6.23. The molecular weight excluding hydrogens is 357 g/mol. The number of hydrogen-bond acceptors (Lipinski definition) is 3. The van der Waals surface area contributed by atoms with Crippen LogP contribution < -0.4 is 10.6 Å². The van der Waals surface area contributed by atoms with Crippen LogP contribution in [-0.4, -0.2) is 40.5 Å². The lowest BCUT2D eigenvalue weighted by Crippen LogP contribution is -2.38. The minimum absolute atomic E-state index is 0. The molecule has 19 heavy (non-hydrogen) atoms. The minimum Gasteiger partial charge on any atom is -0.383 e. The van der Waals surface area contributed by atoms with E-state index in [4.69, 9.17) is 0 Å². The fraction of sp³-hybridized carbons (Fsp3) is 0.667. The number of aliphatic imine (C=N–C) groups is 1. The molecule has 0 radical (unpaired) electrons. The molecule has 0 saturated heterocycles. The normalized spacial score (nSPS) is 13.1. The van der Waals surface area contributed by atoms with Crippen molar-refractivity contribution in [3.63, 3.8) is 0 Å². The molecule has 0 aromatic carbocycles. The third kappa shape index (κ3) is 5.77. The Hall–Kier alpha value is -0.830. The number of nitrogens with zero attached hydrogens (tertiary/aromatic N) is 3. The van der Waals surface area contributed by atoms with E-state index in [0.29, 0.717) is 5.96 Å². The second kappa shape index (κ2) is 8.36. The average molecular weight is 381 g/mol. The molecule has 6 nitrogen and oxygen atoms in total. The lowest BCUT2D eigenvalue weighted by atomic mass is 10.0. The summed E-state index contributed by atoms with van der Waals surface area (Å²) < 4.78 is 1.67. The smallest absolute Gasteiger partial charge is 0.191 e. The molecule has 1 aromatic heterocycles. The van der Waals surface area contributed by atoms with Crippen molar-refractivity contribution < 1.29 is 5.11 Å². The van der Waals surface area contributed by atoms with Crippen molar-refractivity contribution in [2.75, 3.05) is 19.6 Å². The fourth-order valence-corrected chi connectivity index (χ4v) is 1.53. The summed E-state index contributed by atoms with van der Waals surface area (Å²) in [6, 6.07) is 0. The number of rotatable bonds is 5. The van der Waals surface area contributed by atoms with Gasteiger partial charge in [-0.3, -0.25) is 4.68 Å². The van der Waals surface area contributed by atoms with Gasteiger partial charge in [-0.15, -0.1) is 24.0 Å². The highest BCUT2D eigenvalue weighted by molar-refractivity contribution is 14.0. The van der Waals surface area contributed by atoms with Gasteiger partial charge in [0.25, 0.3) is 0 Å². The van der Waals surface area contributed by atoms with E-state index in [0.717, 1.165) is 18.7 Å². The topological polar surface area (TPSA) is 74.5 Å². The highest BCUT2D eigenvalue weighted by atomic mass is 127. The minimum atomic E-state index is -1.01. The molecule has 1 heterocycles. The molecule has 1 unspecified atom stereocenters. The third-order valence-corrected chi connectivity index (χ3v) is 2.56. The molecule has 1 aromatic rings. The van der Waals surface area contributed by atoms with Gasteiger partial charge in [-0.25, -0.2) is 4.99 Å². The van der Waals surface area contributed by atoms with Crippen LogP contribution in [0.5, 0.6) is 0 Å². The van der Waals surface area contributed by atoms with Crippen molar-refractivity contribution in [3.8, 4) is 0 Å². The highest BCUT2D eigenvalue weighted by Crippen LogP contribution is 2.19. The Morgan fingerprint density at radius 2 is 2.00 bits per heavy atom. The number of guanidine groups is 1. The Balaban J connectivity index is 0.00000324. The predicted molar refractivity (Wildman–Crippen MR) is 87.8 cm³/mol. The van der Waals surface area contributed by atoms with Crippen LogP contribution in [0.25, 0.3) is 0 Å². The molecule has 0 amide bonds. The molecule has 0 aliphatic rings. The Morgan fingerprint density at radius 3 is 2.42 bits per heavy atom. The van der Waals surface area contributed by atoms with Crippen LogP contribution in [-0.2, 0) is 12.6 Å². The Bertz CT molecular complexity index is 395. The molecule has 7 heteroatoms. The van der Waals surface area contributed by atoms with Crippen LogP contribution >= 0.6 is 24.0 Å². The monoisotopic (exact) mass is 381 g/mol. The first kappa shape index (κ1) is 18.2. The molecule has 0 spiro atoms. The third-order valence-electron chi connectivity index (χ3n) is 2.56. The zero-order chi connectivity index (χ0) is 13.6. The maximum Gasteiger partial charge on any atom is 0.191 e. The van der Waals surface area contributed by atoms with Crippen molar-refractivity contribution in [2.24, 2.45) is 12.0 Å². The summed E-state index contributed by atoms with van der Waals surface area (Å²) in [5.74, 6) is 0.712. The van der Waals surface area contributed by atoms with Gasteiger partial charge in [0.15, 0.2) is 5.96 Å². The fourth-order valence-electron chi connectivity index (χ4n) is 1.53. The number of nitrogens with one attached hydrogen (secondary N) is 2. The van der Waals surface area contributed by atoms with Crippen molar-refractivity contribution in [2.45, 2.75) is 26.4 Å². The van der Waals surface area contributed by atoms with Gasteiger partial charge in [-0.1, -0.05) is 0 Å². The Morgan fingerprint density at radius 1 is 1.42 bits per heavy atom. The van der Waals surface area contributed by atoms with E-state index in [9.17, 15) is 5.11 Å². The van der Waals surface area contributed by atoms with Gasteiger partial charge in [-0.2, -0.15) is 5.10 Å². The molecule has 110 valence electrons. The number of aliphatic hydroxyl groups is 1. The van der Waals surface area contributed by atoms with Crippen molar-refractivity contribution >= 4 is 29.9 Å². The summed E-state index contributed by atoms with van der Waals surface area (Å²) >= 11 is 0. The summed E-state index contributed by atoms with van der Waals surface area (Å²) in [5, 5.41) is 20.7. The Labute approximate surface area is 131 Å². The predicted octanol–water partition coefficient (Wildman–Crippen LogP) is 0.821. The van der Waals surface area contributed by atoms with Gasteiger partial charge in [0.05, 0.1) is 12.7 Å². The lowest BCUT2D eigenvalue weighted by molar-refractivity contribution is 0.0672. The van der Waals surface area contributed by atoms with E-state index in [1.165, 1.54) is 0 Å². The Kier molecular flexibility index (Phi) is 8.00. The van der Waals surface area contributed by atoms with Gasteiger partial charge in [0.1, 0.15) is 5.60 Å². The molecule has 1 atom stereocenters. The van der Waals surface area contributed by atoms with Gasteiger partial charge in [-0.05, 0) is 20.8 Å². The van der Waals surface area contributed by atoms with E-state index >= 15 is 0 Å². The summed E-state index contributed by atoms with van der Waals surface area (Å²) in [4.78, 5) is 4.37. The second-order valence-electron chi connectivity index (χ2n) is 4.40. The summed E-state index contributed by atoms with van der Waals surface area (Å²) in [6.07, 6.45) is 3.46. The van der Waals surface area contributed by atoms with Crippen LogP contribution in [0.3, 0.4) is 0 Å². The van der Waals surface area contributed by atoms with Crippen LogP contribution in [0, 0.1) is 0 Å². The largest absolute Gasteiger partial charge is 0.383 e. The molecule has 0 aliphatic heterocycles. The summed E-state index contributed by atoms with van der Waals surface area (Å²) in [5.41, 5.74) is -0.245. The van der Waals surface area contributed by atoms with Gasteiger partial charge in [0.2, 0.25) is 0 Å². The maximum absolute atomic E-state index is 10.4. The van der Waals surface area contributed by atoms with Crippen LogP contribution in [0.1, 0.15) is 26.3 Å². The molecule has 0 fully saturated rings. The molecule has 1 rings (SSSR count). The van der Waals surface area contributed by atoms with E-state index in [-0.39, 0.29) is 30.5 Å². The molecular formula is C12H24IN5O. The second-order valence-corrected chi connectivity index (χ2v) is 4.40. The number of hydrogen-bond donors (Lipinski definition) is 3. The average Bonchev–Trinajstić information content (AvgIpc) is 2.74. The summed E-state index contributed by atoms with van der Waals surface area (Å²) in [7, 11) is 1.82. The first-order chi connectivity index (χ1) is 8.49. The van der Waals surface area contributed by atoms with Crippen LogP contribution in [0.15, 0.2) is 17.4 Å². The van der Waals surface area contributed by atoms with Crippen LogP contribution in [0.4, 0.5) is 0 Å². The van der Waals surface area contributed by atoms with Gasteiger partial charge in [0, 0.05) is 31.9 Å². The lowest BCUT2D eigenvalue weighted by Gasteiger charge is -2.20. The maximum atomic E-state index is 10.4. The van der Waals surface area contributed by atoms with E-state index in [1.807, 2.05) is 20.9 Å². The van der Waals surface area contributed by atoms with Crippen LogP contribution in [0.2, 0.25) is 0 Å². The first-order valence-electron chi connectivity index (χ1n) is 6.23. The molecule has 0 aliphatic carbocycles. The van der Waals surface area contributed by atoms with Crippen molar-refractivity contribution in [1.82, 2.24) is 20.4 Å². The zero-order valence-electron chi connectivity index (χ0n) is 12.0. The standard InChI is InChI=1S/C12H23N5O.HI/c1-5-13-11(14-6-2)15-9-12(3,18)10-7-16-17(4)8-10;/h7-8,18H,5-6,9H2,1-4H3,(H2,13,14,15);1H. The number of halogens is 1. The zero-order valence-corrected chi connectivity index (χ0v) is 14.3. The van der Waals surface area contributed by atoms with Gasteiger partial charge < -0.3 is 15.7 Å². The van der Waals surface area contributed by atoms with Gasteiger partial charge >= 0.3 is 0 Å². The van der Waals surface area contributed by atoms with Crippen molar-refractivity contribution in [1.29, 1.82) is 0 Å². The van der Waals surface area contributed by atoms with E-state index < -0.39 is 5.60 Å². The summed E-state index contributed by atoms with van der Waals surface area (Å²) in [6.45, 7) is 7.62. The van der Waals surface area contributed by atoms with Crippen molar-refractivity contribution in [3.05, 3.63) is 18.0 Å². The molecule has 0 bridgehead atoms.